The Morgan fingerprint density at radius 1 is 1.26 bits per heavy atom. The summed E-state index contributed by atoms with van der Waals surface area (Å²) in [5.41, 5.74) is 0.368. The number of benzene rings is 1. The number of hydrogen-bond donors (Lipinski definition) is 1. The molecule has 1 amide bonds. The van der Waals surface area contributed by atoms with Gasteiger partial charge in [-0.05, 0) is 6.07 Å². The van der Waals surface area contributed by atoms with Crippen molar-refractivity contribution >= 4 is 30.6 Å². The van der Waals surface area contributed by atoms with Gasteiger partial charge in [0.2, 0.25) is 5.91 Å². The SMILES string of the molecule is Bc1cc(-c2ncccn2)c(NC(=O)C(C)(C)C)c([N+](=O)[O-])c1. The molecule has 7 nitrogen and oxygen atoms in total. The van der Waals surface area contributed by atoms with Crippen LogP contribution in [0.5, 0.6) is 0 Å². The van der Waals surface area contributed by atoms with Gasteiger partial charge in [0.25, 0.3) is 5.69 Å². The molecule has 0 atom stereocenters. The topological polar surface area (TPSA) is 98.0 Å². The van der Waals surface area contributed by atoms with E-state index in [1.54, 1.807) is 53.1 Å². The summed E-state index contributed by atoms with van der Waals surface area (Å²) in [4.78, 5) is 31.5. The van der Waals surface area contributed by atoms with Gasteiger partial charge in [-0.1, -0.05) is 32.3 Å². The van der Waals surface area contributed by atoms with Gasteiger partial charge in [-0.2, -0.15) is 0 Å². The number of nitro groups is 1. The molecule has 0 radical (unpaired) electrons. The van der Waals surface area contributed by atoms with Crippen LogP contribution < -0.4 is 10.8 Å². The van der Waals surface area contributed by atoms with Crippen molar-refractivity contribution in [2.75, 3.05) is 5.32 Å². The standard InChI is InChI=1S/C15H17BN4O3/c1-15(2,3)14(21)19-12-10(13-17-5-4-6-18-13)7-9(16)8-11(12)20(22)23/h4-8H,16H2,1-3H3,(H,19,21). The quantitative estimate of drug-likeness (QED) is 0.523. The number of aromatic nitrogens is 2. The minimum atomic E-state index is -0.687. The largest absolute Gasteiger partial charge is 0.319 e. The zero-order valence-corrected chi connectivity index (χ0v) is 13.5. The van der Waals surface area contributed by atoms with Gasteiger partial charge in [0.1, 0.15) is 13.5 Å². The molecule has 2 aromatic rings. The number of nitro benzene ring substituents is 1. The van der Waals surface area contributed by atoms with Crippen LogP contribution in [0.3, 0.4) is 0 Å². The van der Waals surface area contributed by atoms with Crippen molar-refractivity contribution in [1.29, 1.82) is 0 Å². The maximum Gasteiger partial charge on any atom is 0.292 e. The fourth-order valence-electron chi connectivity index (χ4n) is 1.96. The lowest BCUT2D eigenvalue weighted by Crippen LogP contribution is -2.28. The highest BCUT2D eigenvalue weighted by Gasteiger charge is 2.27. The van der Waals surface area contributed by atoms with E-state index in [-0.39, 0.29) is 17.3 Å². The molecular formula is C15H17BN4O3. The Hall–Kier alpha value is -2.77. The van der Waals surface area contributed by atoms with Gasteiger partial charge in [0.05, 0.1) is 4.92 Å². The number of nitrogens with zero attached hydrogens (tertiary/aromatic N) is 3. The summed E-state index contributed by atoms with van der Waals surface area (Å²) in [7, 11) is 1.74. The van der Waals surface area contributed by atoms with E-state index in [4.69, 9.17) is 0 Å². The van der Waals surface area contributed by atoms with Crippen LogP contribution in [-0.2, 0) is 4.79 Å². The minimum absolute atomic E-state index is 0.117. The fourth-order valence-corrected chi connectivity index (χ4v) is 1.96. The number of amides is 1. The molecule has 2 rings (SSSR count). The van der Waals surface area contributed by atoms with E-state index in [9.17, 15) is 14.9 Å². The van der Waals surface area contributed by atoms with Crippen molar-refractivity contribution in [3.05, 3.63) is 40.7 Å². The van der Waals surface area contributed by atoms with Crippen molar-refractivity contribution in [1.82, 2.24) is 9.97 Å². The predicted molar refractivity (Wildman–Crippen MR) is 90.4 cm³/mol. The second-order valence-electron chi connectivity index (χ2n) is 6.24. The highest BCUT2D eigenvalue weighted by atomic mass is 16.6. The Kier molecular flexibility index (Phi) is 4.44. The summed E-state index contributed by atoms with van der Waals surface area (Å²) < 4.78 is 0. The summed E-state index contributed by atoms with van der Waals surface area (Å²) in [6.45, 7) is 5.21. The summed E-state index contributed by atoms with van der Waals surface area (Å²) in [5.74, 6) is 0.00476. The summed E-state index contributed by atoms with van der Waals surface area (Å²) in [6.07, 6.45) is 3.09. The molecule has 0 unspecified atom stereocenters. The van der Waals surface area contributed by atoms with Crippen LogP contribution in [0.25, 0.3) is 11.4 Å². The average molecular weight is 312 g/mol. The third kappa shape index (κ3) is 3.71. The van der Waals surface area contributed by atoms with Gasteiger partial charge in [0.15, 0.2) is 5.82 Å². The summed E-state index contributed by atoms with van der Waals surface area (Å²) >= 11 is 0. The van der Waals surface area contributed by atoms with Crippen LogP contribution in [-0.4, -0.2) is 28.6 Å². The van der Waals surface area contributed by atoms with E-state index in [1.807, 2.05) is 0 Å². The molecule has 118 valence electrons. The van der Waals surface area contributed by atoms with Gasteiger partial charge in [0, 0.05) is 29.4 Å². The molecule has 1 aromatic carbocycles. The number of nitrogens with one attached hydrogen (secondary N) is 1. The minimum Gasteiger partial charge on any atom is -0.319 e. The van der Waals surface area contributed by atoms with Crippen molar-refractivity contribution in [3.8, 4) is 11.4 Å². The van der Waals surface area contributed by atoms with Gasteiger partial charge in [-0.15, -0.1) is 0 Å². The number of hydrogen-bond acceptors (Lipinski definition) is 5. The van der Waals surface area contributed by atoms with E-state index in [2.05, 4.69) is 15.3 Å². The molecule has 1 heterocycles. The van der Waals surface area contributed by atoms with E-state index >= 15 is 0 Å². The number of anilines is 1. The molecule has 1 aromatic heterocycles. The summed E-state index contributed by atoms with van der Waals surface area (Å²) in [5, 5.41) is 14.1. The smallest absolute Gasteiger partial charge is 0.292 e. The monoisotopic (exact) mass is 312 g/mol. The molecule has 8 heteroatoms. The lowest BCUT2D eigenvalue weighted by molar-refractivity contribution is -0.383. The van der Waals surface area contributed by atoms with Crippen LogP contribution >= 0.6 is 0 Å². The molecule has 0 saturated carbocycles. The normalized spacial score (nSPS) is 11.1. The van der Waals surface area contributed by atoms with Crippen molar-refractivity contribution in [2.24, 2.45) is 5.41 Å². The summed E-state index contributed by atoms with van der Waals surface area (Å²) in [6, 6.07) is 4.80. The molecule has 0 aliphatic rings. The van der Waals surface area contributed by atoms with Gasteiger partial charge < -0.3 is 5.32 Å². The van der Waals surface area contributed by atoms with E-state index in [0.717, 1.165) is 0 Å². The molecule has 0 saturated heterocycles. The van der Waals surface area contributed by atoms with Crippen molar-refractivity contribution in [2.45, 2.75) is 20.8 Å². The number of carbonyl (C=O) groups excluding carboxylic acids is 1. The highest BCUT2D eigenvalue weighted by Crippen LogP contribution is 2.34. The lowest BCUT2D eigenvalue weighted by Gasteiger charge is -2.19. The zero-order chi connectivity index (χ0) is 17.2. The molecule has 0 aliphatic heterocycles. The van der Waals surface area contributed by atoms with Crippen LogP contribution in [0.2, 0.25) is 0 Å². The van der Waals surface area contributed by atoms with Crippen molar-refractivity contribution in [3.63, 3.8) is 0 Å². The first kappa shape index (κ1) is 16.6. The molecule has 1 N–H and O–H groups in total. The van der Waals surface area contributed by atoms with E-state index in [1.165, 1.54) is 6.07 Å². The van der Waals surface area contributed by atoms with Gasteiger partial charge >= 0.3 is 0 Å². The van der Waals surface area contributed by atoms with Crippen LogP contribution in [0.15, 0.2) is 30.6 Å². The van der Waals surface area contributed by atoms with Crippen LogP contribution in [0, 0.1) is 15.5 Å². The maximum absolute atomic E-state index is 12.3. The first-order valence-corrected chi connectivity index (χ1v) is 7.08. The Bertz CT molecular complexity index is 757. The Balaban J connectivity index is 2.66. The Labute approximate surface area is 134 Å². The van der Waals surface area contributed by atoms with Crippen molar-refractivity contribution < 1.29 is 9.72 Å². The first-order valence-electron chi connectivity index (χ1n) is 7.08. The Morgan fingerprint density at radius 3 is 2.39 bits per heavy atom. The molecule has 0 spiro atoms. The number of carbonyl (C=O) groups is 1. The third-order valence-electron chi connectivity index (χ3n) is 3.18. The third-order valence-corrected chi connectivity index (χ3v) is 3.18. The molecule has 0 bridgehead atoms. The molecule has 23 heavy (non-hydrogen) atoms. The van der Waals surface area contributed by atoms with Crippen LogP contribution in [0.4, 0.5) is 11.4 Å². The predicted octanol–water partition coefficient (Wildman–Crippen LogP) is 1.29. The number of rotatable bonds is 3. The second-order valence-corrected chi connectivity index (χ2v) is 6.24. The Morgan fingerprint density at radius 2 is 1.87 bits per heavy atom. The lowest BCUT2D eigenvalue weighted by atomic mass is 9.91. The van der Waals surface area contributed by atoms with Gasteiger partial charge in [-0.3, -0.25) is 14.9 Å². The van der Waals surface area contributed by atoms with E-state index in [0.29, 0.717) is 16.9 Å². The second kappa shape index (κ2) is 6.16. The maximum atomic E-state index is 12.3. The molecule has 0 aliphatic carbocycles. The average Bonchev–Trinajstić information content (AvgIpc) is 2.48. The molecule has 0 fully saturated rings. The van der Waals surface area contributed by atoms with E-state index < -0.39 is 10.3 Å². The fraction of sp³-hybridized carbons (Fsp3) is 0.267. The van der Waals surface area contributed by atoms with Crippen LogP contribution in [0.1, 0.15) is 20.8 Å². The molecular weight excluding hydrogens is 295 g/mol. The van der Waals surface area contributed by atoms with Gasteiger partial charge in [-0.25, -0.2) is 9.97 Å². The first-order chi connectivity index (χ1) is 10.7. The highest BCUT2D eigenvalue weighted by molar-refractivity contribution is 6.33. The zero-order valence-electron chi connectivity index (χ0n) is 13.5.